The third kappa shape index (κ3) is 2.95. The molecule has 0 saturated heterocycles. The zero-order valence-electron chi connectivity index (χ0n) is 13.4. The molecule has 0 spiro atoms. The number of rotatable bonds is 4. The summed E-state index contributed by atoms with van der Waals surface area (Å²) in [5.74, 6) is -1.08. The number of nitrogens with zero attached hydrogens (tertiary/aromatic N) is 3. The highest BCUT2D eigenvalue weighted by Gasteiger charge is 2.17. The van der Waals surface area contributed by atoms with Crippen LogP contribution in [0.25, 0.3) is 22.6 Å². The van der Waals surface area contributed by atoms with Crippen LogP contribution in [0.2, 0.25) is 0 Å². The number of benzene rings is 2. The molecule has 130 valence electrons. The lowest BCUT2D eigenvalue weighted by atomic mass is 10.1. The highest BCUT2D eigenvalue weighted by atomic mass is 19.1. The zero-order chi connectivity index (χ0) is 18.1. The van der Waals surface area contributed by atoms with E-state index in [0.29, 0.717) is 11.3 Å². The number of hydrogen-bond acceptors (Lipinski definition) is 4. The molecule has 5 nitrogen and oxygen atoms in total. The molecule has 2 aromatic carbocycles. The van der Waals surface area contributed by atoms with Crippen molar-refractivity contribution in [1.29, 1.82) is 0 Å². The topological polar surface area (TPSA) is 64.1 Å². The molecule has 0 aliphatic rings. The maximum Gasteiger partial charge on any atom is 0.170 e. The molecule has 0 amide bonds. The van der Waals surface area contributed by atoms with E-state index in [4.69, 9.17) is 4.52 Å². The lowest BCUT2D eigenvalue weighted by Crippen LogP contribution is -2.01. The van der Waals surface area contributed by atoms with Crippen molar-refractivity contribution in [3.05, 3.63) is 78.4 Å². The van der Waals surface area contributed by atoms with Crippen LogP contribution >= 0.6 is 0 Å². The minimum atomic E-state index is -0.624. The molecule has 0 atom stereocenters. The van der Waals surface area contributed by atoms with E-state index in [0.717, 1.165) is 12.1 Å². The van der Waals surface area contributed by atoms with Crippen LogP contribution in [0.15, 0.2) is 65.7 Å². The van der Waals surface area contributed by atoms with E-state index in [9.17, 15) is 13.9 Å². The number of phenolic OH excluding ortho intramolecular Hbond substituents is 1. The summed E-state index contributed by atoms with van der Waals surface area (Å²) in [6.45, 7) is 0.169. The number of imidazole rings is 1. The summed E-state index contributed by atoms with van der Waals surface area (Å²) in [5.41, 5.74) is 0.941. The van der Waals surface area contributed by atoms with Gasteiger partial charge in [-0.2, -0.15) is 0 Å². The molecule has 7 heteroatoms. The summed E-state index contributed by atoms with van der Waals surface area (Å²) in [4.78, 5) is 3.88. The Morgan fingerprint density at radius 3 is 2.65 bits per heavy atom. The highest BCUT2D eigenvalue weighted by Crippen LogP contribution is 2.33. The van der Waals surface area contributed by atoms with Crippen LogP contribution in [-0.4, -0.2) is 19.8 Å². The summed E-state index contributed by atoms with van der Waals surface area (Å²) in [6, 6.07) is 10.2. The summed E-state index contributed by atoms with van der Waals surface area (Å²) in [6.07, 6.45) is 4.76. The van der Waals surface area contributed by atoms with Gasteiger partial charge in [-0.25, -0.2) is 13.8 Å². The van der Waals surface area contributed by atoms with Crippen molar-refractivity contribution in [1.82, 2.24) is 14.7 Å². The predicted octanol–water partition coefficient (Wildman–Crippen LogP) is 4.24. The van der Waals surface area contributed by atoms with Gasteiger partial charge in [0.2, 0.25) is 0 Å². The van der Waals surface area contributed by atoms with Crippen LogP contribution in [-0.2, 0) is 6.54 Å². The maximum atomic E-state index is 14.5. The van der Waals surface area contributed by atoms with Gasteiger partial charge in [-0.15, -0.1) is 0 Å². The third-order valence-electron chi connectivity index (χ3n) is 4.00. The Bertz CT molecular complexity index is 1060. The first-order valence-corrected chi connectivity index (χ1v) is 7.81. The molecule has 0 fully saturated rings. The molecule has 0 bridgehead atoms. The van der Waals surface area contributed by atoms with Crippen molar-refractivity contribution in [3.63, 3.8) is 0 Å². The predicted molar refractivity (Wildman–Crippen MR) is 90.3 cm³/mol. The Morgan fingerprint density at radius 1 is 1.04 bits per heavy atom. The summed E-state index contributed by atoms with van der Waals surface area (Å²) >= 11 is 0. The van der Waals surface area contributed by atoms with Crippen LogP contribution in [0.4, 0.5) is 8.78 Å². The number of aromatic hydroxyl groups is 1. The van der Waals surface area contributed by atoms with Gasteiger partial charge in [0.25, 0.3) is 0 Å². The van der Waals surface area contributed by atoms with Crippen LogP contribution in [0, 0.1) is 11.6 Å². The lowest BCUT2D eigenvalue weighted by molar-refractivity contribution is 0.430. The van der Waals surface area contributed by atoms with Gasteiger partial charge in [-0.3, -0.25) is 0 Å². The Hall–Kier alpha value is -3.48. The van der Waals surface area contributed by atoms with Crippen LogP contribution in [0.3, 0.4) is 0 Å². The Labute approximate surface area is 147 Å². The van der Waals surface area contributed by atoms with E-state index in [1.807, 2.05) is 0 Å². The van der Waals surface area contributed by atoms with Gasteiger partial charge < -0.3 is 14.2 Å². The molecule has 0 radical (unpaired) electrons. The molecule has 26 heavy (non-hydrogen) atoms. The smallest absolute Gasteiger partial charge is 0.170 e. The zero-order valence-corrected chi connectivity index (χ0v) is 13.4. The van der Waals surface area contributed by atoms with Crippen molar-refractivity contribution in [3.8, 4) is 28.3 Å². The summed E-state index contributed by atoms with van der Waals surface area (Å²) in [7, 11) is 0. The Kier molecular flexibility index (Phi) is 3.96. The molecular weight excluding hydrogens is 340 g/mol. The quantitative estimate of drug-likeness (QED) is 0.596. The fourth-order valence-electron chi connectivity index (χ4n) is 2.69. The SMILES string of the molecule is Oc1ccccc1-c1cc(-c2cc(F)c(Cn3ccnc3)cc2F)on1. The summed E-state index contributed by atoms with van der Waals surface area (Å²) in [5, 5.41) is 13.7. The number of para-hydroxylation sites is 1. The second-order valence-corrected chi connectivity index (χ2v) is 5.75. The van der Waals surface area contributed by atoms with Crippen LogP contribution in [0.5, 0.6) is 5.75 Å². The Morgan fingerprint density at radius 2 is 1.88 bits per heavy atom. The van der Waals surface area contributed by atoms with E-state index >= 15 is 0 Å². The monoisotopic (exact) mass is 353 g/mol. The van der Waals surface area contributed by atoms with Crippen molar-refractivity contribution >= 4 is 0 Å². The third-order valence-corrected chi connectivity index (χ3v) is 4.00. The van der Waals surface area contributed by atoms with E-state index < -0.39 is 11.6 Å². The second-order valence-electron chi connectivity index (χ2n) is 5.75. The standard InChI is InChI=1S/C19H13F2N3O2/c20-15-8-14(16(21)7-12(15)10-24-6-5-22-11-24)19-9-17(23-26-19)13-3-1-2-4-18(13)25/h1-9,11,25H,10H2. The molecule has 4 rings (SSSR count). The van der Waals surface area contributed by atoms with E-state index in [1.165, 1.54) is 18.5 Å². The molecule has 0 unspecified atom stereocenters. The highest BCUT2D eigenvalue weighted by molar-refractivity contribution is 5.71. The van der Waals surface area contributed by atoms with Crippen molar-refractivity contribution in [2.45, 2.75) is 6.54 Å². The Balaban J connectivity index is 1.68. The summed E-state index contributed by atoms with van der Waals surface area (Å²) < 4.78 is 35.7. The lowest BCUT2D eigenvalue weighted by Gasteiger charge is -2.07. The van der Waals surface area contributed by atoms with Crippen LogP contribution < -0.4 is 0 Å². The number of hydrogen-bond donors (Lipinski definition) is 1. The van der Waals surface area contributed by atoms with E-state index in [1.54, 1.807) is 35.2 Å². The molecule has 0 aliphatic carbocycles. The van der Waals surface area contributed by atoms with E-state index in [2.05, 4.69) is 10.1 Å². The van der Waals surface area contributed by atoms with Gasteiger partial charge in [0.05, 0.1) is 18.4 Å². The molecular formula is C19H13F2N3O2. The molecule has 2 heterocycles. The minimum Gasteiger partial charge on any atom is -0.507 e. The molecule has 1 N–H and O–H groups in total. The number of phenols is 1. The molecule has 4 aromatic rings. The number of halogens is 2. The van der Waals surface area contributed by atoms with Gasteiger partial charge >= 0.3 is 0 Å². The van der Waals surface area contributed by atoms with Gasteiger partial charge in [-0.05, 0) is 24.3 Å². The van der Waals surface area contributed by atoms with Gasteiger partial charge in [0.15, 0.2) is 5.76 Å². The first-order chi connectivity index (χ1) is 12.6. The fourth-order valence-corrected chi connectivity index (χ4v) is 2.69. The van der Waals surface area contributed by atoms with Crippen molar-refractivity contribution in [2.24, 2.45) is 0 Å². The van der Waals surface area contributed by atoms with Crippen molar-refractivity contribution in [2.75, 3.05) is 0 Å². The van der Waals surface area contributed by atoms with Gasteiger partial charge in [0, 0.05) is 29.6 Å². The molecule has 0 aliphatic heterocycles. The maximum absolute atomic E-state index is 14.5. The average molecular weight is 353 g/mol. The fraction of sp³-hybridized carbons (Fsp3) is 0.0526. The molecule has 0 saturated carbocycles. The van der Waals surface area contributed by atoms with Crippen molar-refractivity contribution < 1.29 is 18.4 Å². The second kappa shape index (κ2) is 6.44. The molecule has 2 aromatic heterocycles. The van der Waals surface area contributed by atoms with Gasteiger partial charge in [0.1, 0.15) is 23.1 Å². The normalized spacial score (nSPS) is 11.0. The first-order valence-electron chi connectivity index (χ1n) is 7.81. The minimum absolute atomic E-state index is 0.0229. The van der Waals surface area contributed by atoms with Gasteiger partial charge in [-0.1, -0.05) is 17.3 Å². The van der Waals surface area contributed by atoms with Crippen LogP contribution in [0.1, 0.15) is 5.56 Å². The van der Waals surface area contributed by atoms with E-state index in [-0.39, 0.29) is 29.2 Å². The largest absolute Gasteiger partial charge is 0.507 e. The first kappa shape index (κ1) is 16.0. The average Bonchev–Trinajstić information content (AvgIpc) is 3.30. The number of aromatic nitrogens is 3.